The number of alkyl carbamates (subject to hydrolysis) is 1. The summed E-state index contributed by atoms with van der Waals surface area (Å²) in [5.41, 5.74) is -0.588. The monoisotopic (exact) mass is 193 g/mol. The molecule has 0 fully saturated rings. The summed E-state index contributed by atoms with van der Waals surface area (Å²) >= 11 is 0. The Balaban J connectivity index is 3.64. The number of alkyl halides is 1. The Bertz CT molecular complexity index is 167. The molecule has 0 aliphatic heterocycles. The quantitative estimate of drug-likeness (QED) is 0.698. The van der Waals surface area contributed by atoms with Crippen molar-refractivity contribution in [3.05, 3.63) is 0 Å². The molecule has 0 radical (unpaired) electrons. The van der Waals surface area contributed by atoms with E-state index < -0.39 is 24.5 Å². The Kier molecular flexibility index (Phi) is 4.69. The molecule has 5 heteroatoms. The number of rotatable bonds is 3. The number of hydrogen-bond acceptors (Lipinski definition) is 3. The number of aliphatic hydroxyl groups is 1. The van der Waals surface area contributed by atoms with E-state index in [4.69, 9.17) is 9.84 Å². The first-order valence-electron chi connectivity index (χ1n) is 4.07. The molecule has 0 aromatic rings. The van der Waals surface area contributed by atoms with Gasteiger partial charge >= 0.3 is 6.09 Å². The Morgan fingerprint density at radius 3 is 2.54 bits per heavy atom. The summed E-state index contributed by atoms with van der Waals surface area (Å²) in [4.78, 5) is 10.9. The van der Waals surface area contributed by atoms with Crippen molar-refractivity contribution in [2.75, 3.05) is 13.2 Å². The molecule has 78 valence electrons. The first-order chi connectivity index (χ1) is 5.85. The second-order valence-corrected chi connectivity index (χ2v) is 3.66. The summed E-state index contributed by atoms with van der Waals surface area (Å²) in [6.07, 6.45) is -2.11. The van der Waals surface area contributed by atoms with Crippen molar-refractivity contribution in [1.29, 1.82) is 0 Å². The van der Waals surface area contributed by atoms with E-state index in [-0.39, 0.29) is 6.54 Å². The average Bonchev–Trinajstić information content (AvgIpc) is 1.97. The number of amides is 1. The zero-order valence-electron chi connectivity index (χ0n) is 8.13. The maximum Gasteiger partial charge on any atom is 0.407 e. The molecule has 0 aliphatic carbocycles. The Morgan fingerprint density at radius 1 is 1.62 bits per heavy atom. The van der Waals surface area contributed by atoms with Gasteiger partial charge in [-0.15, -0.1) is 0 Å². The molecule has 1 atom stereocenters. The first kappa shape index (κ1) is 12.2. The van der Waals surface area contributed by atoms with Gasteiger partial charge in [-0.2, -0.15) is 0 Å². The Hall–Kier alpha value is -0.840. The van der Waals surface area contributed by atoms with Crippen molar-refractivity contribution < 1.29 is 19.0 Å². The molecule has 0 aromatic heterocycles. The highest BCUT2D eigenvalue weighted by atomic mass is 19.1. The molecule has 0 spiro atoms. The van der Waals surface area contributed by atoms with E-state index in [9.17, 15) is 9.18 Å². The lowest BCUT2D eigenvalue weighted by Gasteiger charge is -2.19. The van der Waals surface area contributed by atoms with Crippen LogP contribution in [0.1, 0.15) is 20.8 Å². The fourth-order valence-corrected chi connectivity index (χ4v) is 0.573. The van der Waals surface area contributed by atoms with Gasteiger partial charge in [-0.3, -0.25) is 0 Å². The number of carbonyl (C=O) groups is 1. The molecule has 0 bridgehead atoms. The third-order valence-corrected chi connectivity index (χ3v) is 1.06. The van der Waals surface area contributed by atoms with Crippen molar-refractivity contribution in [2.24, 2.45) is 0 Å². The molecule has 0 rings (SSSR count). The molecule has 0 saturated carbocycles. The second kappa shape index (κ2) is 5.01. The normalized spacial score (nSPS) is 13.6. The molecule has 0 heterocycles. The van der Waals surface area contributed by atoms with Gasteiger partial charge in [0.15, 0.2) is 0 Å². The molecule has 4 nitrogen and oxygen atoms in total. The van der Waals surface area contributed by atoms with E-state index >= 15 is 0 Å². The number of nitrogens with one attached hydrogen (secondary N) is 1. The minimum Gasteiger partial charge on any atom is -0.444 e. The van der Waals surface area contributed by atoms with E-state index in [1.165, 1.54) is 0 Å². The van der Waals surface area contributed by atoms with Crippen molar-refractivity contribution in [2.45, 2.75) is 32.5 Å². The lowest BCUT2D eigenvalue weighted by atomic mass is 10.2. The van der Waals surface area contributed by atoms with Crippen LogP contribution in [0.25, 0.3) is 0 Å². The third kappa shape index (κ3) is 7.52. The highest BCUT2D eigenvalue weighted by molar-refractivity contribution is 5.67. The van der Waals surface area contributed by atoms with Crippen LogP contribution in [-0.4, -0.2) is 36.1 Å². The molecule has 2 N–H and O–H groups in total. The van der Waals surface area contributed by atoms with Gasteiger partial charge < -0.3 is 15.2 Å². The molecule has 1 amide bonds. The molecule has 0 aliphatic rings. The van der Waals surface area contributed by atoms with Gasteiger partial charge in [-0.25, -0.2) is 9.18 Å². The molecule has 0 aromatic carbocycles. The summed E-state index contributed by atoms with van der Waals surface area (Å²) in [7, 11) is 0. The Morgan fingerprint density at radius 2 is 2.15 bits per heavy atom. The molecular formula is C8H16FNO3. The minimum absolute atomic E-state index is 0.231. The summed E-state index contributed by atoms with van der Waals surface area (Å²) in [5, 5.41) is 10.5. The van der Waals surface area contributed by atoms with Crippen LogP contribution in [0.3, 0.4) is 0 Å². The number of hydrogen-bond donors (Lipinski definition) is 2. The van der Waals surface area contributed by atoms with Crippen LogP contribution >= 0.6 is 0 Å². The van der Waals surface area contributed by atoms with E-state index in [1.807, 2.05) is 0 Å². The van der Waals surface area contributed by atoms with Gasteiger partial charge in [0.2, 0.25) is 0 Å². The highest BCUT2D eigenvalue weighted by Crippen LogP contribution is 2.06. The van der Waals surface area contributed by atoms with E-state index in [2.05, 4.69) is 5.32 Å². The van der Waals surface area contributed by atoms with Crippen LogP contribution in [0.15, 0.2) is 0 Å². The van der Waals surface area contributed by atoms with Gasteiger partial charge in [0.25, 0.3) is 0 Å². The van der Waals surface area contributed by atoms with Crippen LogP contribution in [0.2, 0.25) is 0 Å². The Labute approximate surface area is 77.1 Å². The fourth-order valence-electron chi connectivity index (χ4n) is 0.573. The number of carbonyl (C=O) groups excluding carboxylic acids is 1. The lowest BCUT2D eigenvalue weighted by molar-refractivity contribution is 0.0503. The summed E-state index contributed by atoms with van der Waals surface area (Å²) in [5.74, 6) is 0. The summed E-state index contributed by atoms with van der Waals surface area (Å²) in [6, 6.07) is 0. The smallest absolute Gasteiger partial charge is 0.407 e. The maximum atomic E-state index is 12.4. The number of halogens is 1. The van der Waals surface area contributed by atoms with Crippen molar-refractivity contribution in [3.8, 4) is 0 Å². The lowest BCUT2D eigenvalue weighted by Crippen LogP contribution is -2.36. The number of aliphatic hydroxyl groups excluding tert-OH is 1. The molecular weight excluding hydrogens is 177 g/mol. The van der Waals surface area contributed by atoms with Crippen LogP contribution in [-0.2, 0) is 4.74 Å². The molecule has 1 unspecified atom stereocenters. The fraction of sp³-hybridized carbons (Fsp3) is 0.875. The SMILES string of the molecule is CC(C)(C)OC(=O)NCC(F)CO. The standard InChI is InChI=1S/C8H16FNO3/c1-8(2,3)13-7(12)10-4-6(9)5-11/h6,11H,4-5H2,1-3H3,(H,10,12). The highest BCUT2D eigenvalue weighted by Gasteiger charge is 2.16. The second-order valence-electron chi connectivity index (χ2n) is 3.66. The van der Waals surface area contributed by atoms with E-state index in [0.29, 0.717) is 0 Å². The average molecular weight is 193 g/mol. The summed E-state index contributed by atoms with van der Waals surface area (Å²) < 4.78 is 17.2. The van der Waals surface area contributed by atoms with Crippen molar-refractivity contribution in [3.63, 3.8) is 0 Å². The number of ether oxygens (including phenoxy) is 1. The van der Waals surface area contributed by atoms with E-state index in [0.717, 1.165) is 0 Å². The zero-order valence-corrected chi connectivity index (χ0v) is 8.13. The van der Waals surface area contributed by atoms with Gasteiger partial charge in [0.1, 0.15) is 11.8 Å². The van der Waals surface area contributed by atoms with Gasteiger partial charge in [-0.05, 0) is 20.8 Å². The zero-order chi connectivity index (χ0) is 10.5. The molecule has 0 saturated heterocycles. The van der Waals surface area contributed by atoms with E-state index in [1.54, 1.807) is 20.8 Å². The van der Waals surface area contributed by atoms with Gasteiger partial charge in [-0.1, -0.05) is 0 Å². The largest absolute Gasteiger partial charge is 0.444 e. The third-order valence-electron chi connectivity index (χ3n) is 1.06. The first-order valence-corrected chi connectivity index (χ1v) is 4.07. The van der Waals surface area contributed by atoms with Gasteiger partial charge in [0.05, 0.1) is 13.2 Å². The predicted octanol–water partition coefficient (Wildman–Crippen LogP) is 0.841. The van der Waals surface area contributed by atoms with Gasteiger partial charge in [0, 0.05) is 0 Å². The van der Waals surface area contributed by atoms with Crippen molar-refractivity contribution in [1.82, 2.24) is 5.32 Å². The topological polar surface area (TPSA) is 58.6 Å². The maximum absolute atomic E-state index is 12.4. The molecule has 13 heavy (non-hydrogen) atoms. The van der Waals surface area contributed by atoms with Crippen LogP contribution in [0, 0.1) is 0 Å². The predicted molar refractivity (Wildman–Crippen MR) is 46.2 cm³/mol. The summed E-state index contributed by atoms with van der Waals surface area (Å²) in [6.45, 7) is 4.31. The van der Waals surface area contributed by atoms with Crippen LogP contribution in [0.4, 0.5) is 9.18 Å². The van der Waals surface area contributed by atoms with Crippen LogP contribution < -0.4 is 5.32 Å². The van der Waals surface area contributed by atoms with Crippen LogP contribution in [0.5, 0.6) is 0 Å². The van der Waals surface area contributed by atoms with Crippen molar-refractivity contribution >= 4 is 6.09 Å². The minimum atomic E-state index is -1.44.